The lowest BCUT2D eigenvalue weighted by molar-refractivity contribution is 0.491. The summed E-state index contributed by atoms with van der Waals surface area (Å²) in [5, 5.41) is 3.52. The average Bonchev–Trinajstić information content (AvgIpc) is 2.49. The van der Waals surface area contributed by atoms with Gasteiger partial charge in [0, 0.05) is 20.6 Å². The van der Waals surface area contributed by atoms with Crippen molar-refractivity contribution < 1.29 is 0 Å². The highest BCUT2D eigenvalue weighted by Crippen LogP contribution is 2.21. The summed E-state index contributed by atoms with van der Waals surface area (Å²) >= 11 is 2.08. The smallest absolute Gasteiger partial charge is 0.193 e. The van der Waals surface area contributed by atoms with Gasteiger partial charge in [-0.05, 0) is 35.8 Å². The number of nitrogens with zero attached hydrogens (tertiary/aromatic N) is 2. The summed E-state index contributed by atoms with van der Waals surface area (Å²) in [7, 11) is 4.10. The Labute approximate surface area is 126 Å². The third kappa shape index (κ3) is 5.08. The molecule has 0 amide bonds. The van der Waals surface area contributed by atoms with E-state index < -0.39 is 0 Å². The van der Waals surface area contributed by atoms with Gasteiger partial charge in [0.1, 0.15) is 0 Å². The van der Waals surface area contributed by atoms with Gasteiger partial charge < -0.3 is 10.2 Å². The highest BCUT2D eigenvalue weighted by atomic mass is 32.2. The largest absolute Gasteiger partial charge is 0.356 e. The monoisotopic (exact) mass is 291 g/mol. The van der Waals surface area contributed by atoms with E-state index in [0.29, 0.717) is 0 Å². The Balaban J connectivity index is 1.86. The van der Waals surface area contributed by atoms with Gasteiger partial charge in [-0.3, -0.25) is 0 Å². The molecule has 0 bridgehead atoms. The first kappa shape index (κ1) is 15.2. The van der Waals surface area contributed by atoms with E-state index in [0.717, 1.165) is 25.0 Å². The maximum absolute atomic E-state index is 4.70. The van der Waals surface area contributed by atoms with Crippen LogP contribution in [0.25, 0.3) is 0 Å². The Morgan fingerprint density at radius 2 is 2.15 bits per heavy atom. The van der Waals surface area contributed by atoms with Crippen LogP contribution in [0, 0.1) is 5.92 Å². The van der Waals surface area contributed by atoms with Gasteiger partial charge in [-0.25, -0.2) is 4.99 Å². The molecule has 2 rings (SSSR count). The van der Waals surface area contributed by atoms with Gasteiger partial charge in [-0.1, -0.05) is 30.3 Å². The van der Waals surface area contributed by atoms with Crippen LogP contribution in [0.4, 0.5) is 0 Å². The molecule has 1 aromatic rings. The highest BCUT2D eigenvalue weighted by molar-refractivity contribution is 7.99. The Morgan fingerprint density at radius 1 is 1.35 bits per heavy atom. The van der Waals surface area contributed by atoms with Gasteiger partial charge in [0.15, 0.2) is 5.96 Å². The van der Waals surface area contributed by atoms with Crippen molar-refractivity contribution in [3.63, 3.8) is 0 Å². The number of thioether (sulfide) groups is 1. The molecule has 1 aliphatic rings. The SMILES string of the molecule is CN(C)C(=NCc1ccccc1)NCC1CCCSC1. The van der Waals surface area contributed by atoms with E-state index in [1.54, 1.807) is 0 Å². The third-order valence-electron chi connectivity index (χ3n) is 3.48. The van der Waals surface area contributed by atoms with Crippen molar-refractivity contribution in [1.82, 2.24) is 10.2 Å². The molecule has 0 aromatic heterocycles. The topological polar surface area (TPSA) is 27.6 Å². The molecule has 0 aliphatic carbocycles. The second kappa shape index (κ2) is 8.20. The molecule has 1 aliphatic heterocycles. The molecule has 20 heavy (non-hydrogen) atoms. The van der Waals surface area contributed by atoms with Crippen LogP contribution in [-0.2, 0) is 6.54 Å². The lowest BCUT2D eigenvalue weighted by atomic mass is 10.1. The van der Waals surface area contributed by atoms with E-state index in [9.17, 15) is 0 Å². The minimum atomic E-state index is 0.737. The number of aliphatic imine (C=N–C) groups is 1. The molecule has 1 unspecified atom stereocenters. The summed E-state index contributed by atoms with van der Waals surface area (Å²) in [5.74, 6) is 4.39. The molecule has 1 fully saturated rings. The summed E-state index contributed by atoms with van der Waals surface area (Å²) in [4.78, 5) is 6.77. The molecule has 0 radical (unpaired) electrons. The summed E-state index contributed by atoms with van der Waals surface area (Å²) in [6.45, 7) is 1.78. The van der Waals surface area contributed by atoms with Crippen molar-refractivity contribution >= 4 is 17.7 Å². The zero-order chi connectivity index (χ0) is 14.2. The van der Waals surface area contributed by atoms with Crippen LogP contribution in [0.3, 0.4) is 0 Å². The molecule has 1 N–H and O–H groups in total. The molecule has 1 saturated heterocycles. The number of hydrogen-bond donors (Lipinski definition) is 1. The summed E-state index contributed by atoms with van der Waals surface area (Å²) in [6.07, 6.45) is 2.70. The van der Waals surface area contributed by atoms with Crippen LogP contribution in [-0.4, -0.2) is 43.0 Å². The molecule has 4 heteroatoms. The summed E-state index contributed by atoms with van der Waals surface area (Å²) in [5.41, 5.74) is 1.25. The molecular formula is C16H25N3S. The minimum Gasteiger partial charge on any atom is -0.356 e. The Bertz CT molecular complexity index is 411. The third-order valence-corrected chi connectivity index (χ3v) is 4.77. The van der Waals surface area contributed by atoms with E-state index >= 15 is 0 Å². The average molecular weight is 291 g/mol. The molecular weight excluding hydrogens is 266 g/mol. The summed E-state index contributed by atoms with van der Waals surface area (Å²) < 4.78 is 0. The number of rotatable bonds is 4. The van der Waals surface area contributed by atoms with Crippen LogP contribution in [0.15, 0.2) is 35.3 Å². The van der Waals surface area contributed by atoms with Crippen LogP contribution < -0.4 is 5.32 Å². The maximum Gasteiger partial charge on any atom is 0.193 e. The molecule has 1 aromatic carbocycles. The van der Waals surface area contributed by atoms with Crippen molar-refractivity contribution in [1.29, 1.82) is 0 Å². The van der Waals surface area contributed by atoms with E-state index in [2.05, 4.69) is 46.2 Å². The molecule has 1 heterocycles. The number of nitrogens with one attached hydrogen (secondary N) is 1. The van der Waals surface area contributed by atoms with Gasteiger partial charge in [-0.15, -0.1) is 0 Å². The molecule has 0 saturated carbocycles. The molecule has 3 nitrogen and oxygen atoms in total. The van der Waals surface area contributed by atoms with E-state index in [-0.39, 0.29) is 0 Å². The number of guanidine groups is 1. The van der Waals surface area contributed by atoms with E-state index in [4.69, 9.17) is 4.99 Å². The van der Waals surface area contributed by atoms with Gasteiger partial charge >= 0.3 is 0 Å². The fourth-order valence-corrected chi connectivity index (χ4v) is 3.46. The van der Waals surface area contributed by atoms with Gasteiger partial charge in [0.25, 0.3) is 0 Å². The first-order chi connectivity index (χ1) is 9.75. The predicted molar refractivity (Wildman–Crippen MR) is 89.3 cm³/mol. The second-order valence-corrected chi connectivity index (χ2v) is 6.63. The number of benzene rings is 1. The molecule has 0 spiro atoms. The molecule has 1 atom stereocenters. The summed E-state index contributed by atoms with van der Waals surface area (Å²) in [6, 6.07) is 10.4. The van der Waals surface area contributed by atoms with Crippen molar-refractivity contribution in [2.24, 2.45) is 10.9 Å². The number of hydrogen-bond acceptors (Lipinski definition) is 2. The fraction of sp³-hybridized carbons (Fsp3) is 0.562. The first-order valence-electron chi connectivity index (χ1n) is 7.33. The molecule has 110 valence electrons. The zero-order valence-electron chi connectivity index (χ0n) is 12.5. The van der Waals surface area contributed by atoms with E-state index in [1.165, 1.54) is 29.9 Å². The quantitative estimate of drug-likeness (QED) is 0.683. The minimum absolute atomic E-state index is 0.737. The lowest BCUT2D eigenvalue weighted by Gasteiger charge is -2.24. The van der Waals surface area contributed by atoms with Crippen LogP contribution in [0.2, 0.25) is 0 Å². The predicted octanol–water partition coefficient (Wildman–Crippen LogP) is 2.84. The Kier molecular flexibility index (Phi) is 6.25. The van der Waals surface area contributed by atoms with Crippen molar-refractivity contribution in [3.8, 4) is 0 Å². The lowest BCUT2D eigenvalue weighted by Crippen LogP contribution is -2.40. The van der Waals surface area contributed by atoms with Gasteiger partial charge in [0.05, 0.1) is 6.54 Å². The van der Waals surface area contributed by atoms with Crippen LogP contribution in [0.5, 0.6) is 0 Å². The van der Waals surface area contributed by atoms with E-state index in [1.807, 2.05) is 20.2 Å². The fourth-order valence-electron chi connectivity index (χ4n) is 2.31. The normalized spacial score (nSPS) is 19.7. The van der Waals surface area contributed by atoms with Crippen molar-refractivity contribution in [2.45, 2.75) is 19.4 Å². The van der Waals surface area contributed by atoms with Crippen molar-refractivity contribution in [3.05, 3.63) is 35.9 Å². The zero-order valence-corrected chi connectivity index (χ0v) is 13.3. The highest BCUT2D eigenvalue weighted by Gasteiger charge is 2.14. The maximum atomic E-state index is 4.70. The van der Waals surface area contributed by atoms with Gasteiger partial charge in [0.2, 0.25) is 0 Å². The standard InChI is InChI=1S/C16H25N3S/c1-19(2)16(17-11-14-7-4-3-5-8-14)18-12-15-9-6-10-20-13-15/h3-5,7-8,15H,6,9-13H2,1-2H3,(H,17,18). The second-order valence-electron chi connectivity index (χ2n) is 5.48. The van der Waals surface area contributed by atoms with Crippen LogP contribution in [0.1, 0.15) is 18.4 Å². The van der Waals surface area contributed by atoms with Gasteiger partial charge in [-0.2, -0.15) is 11.8 Å². The Morgan fingerprint density at radius 3 is 2.80 bits per heavy atom. The Hall–Kier alpha value is -1.16. The van der Waals surface area contributed by atoms with Crippen molar-refractivity contribution in [2.75, 3.05) is 32.1 Å². The van der Waals surface area contributed by atoms with Crippen LogP contribution >= 0.6 is 11.8 Å². The first-order valence-corrected chi connectivity index (χ1v) is 8.48.